The molecule has 1 fully saturated rings. The highest BCUT2D eigenvalue weighted by Gasteiger charge is 2.28. The topological polar surface area (TPSA) is 29.5 Å². The summed E-state index contributed by atoms with van der Waals surface area (Å²) < 4.78 is 5.28. The monoisotopic (exact) mass is 241 g/mol. The average Bonchev–Trinajstić information content (AvgIpc) is 2.37. The highest BCUT2D eigenvalue weighted by molar-refractivity contribution is 5.77. The minimum Gasteiger partial charge on any atom is -0.378 e. The van der Waals surface area contributed by atoms with Gasteiger partial charge in [0.2, 0.25) is 5.91 Å². The van der Waals surface area contributed by atoms with E-state index < -0.39 is 0 Å². The van der Waals surface area contributed by atoms with Crippen molar-refractivity contribution < 1.29 is 9.53 Å². The number of morpholine rings is 1. The van der Waals surface area contributed by atoms with E-state index in [0.717, 1.165) is 25.9 Å². The molecule has 1 aliphatic rings. The van der Waals surface area contributed by atoms with Crippen molar-refractivity contribution in [1.29, 1.82) is 0 Å². The van der Waals surface area contributed by atoms with Crippen molar-refractivity contribution in [3.8, 4) is 0 Å². The second-order valence-corrected chi connectivity index (χ2v) is 5.44. The first-order valence-corrected chi connectivity index (χ1v) is 6.97. The van der Waals surface area contributed by atoms with Crippen LogP contribution in [0.2, 0.25) is 0 Å². The van der Waals surface area contributed by atoms with Gasteiger partial charge in [0.1, 0.15) is 0 Å². The Morgan fingerprint density at radius 1 is 1.29 bits per heavy atom. The molecular weight excluding hydrogens is 214 g/mol. The fourth-order valence-corrected chi connectivity index (χ4v) is 2.28. The van der Waals surface area contributed by atoms with Crippen LogP contribution in [0, 0.1) is 5.41 Å². The predicted octanol–water partition coefficient (Wildman–Crippen LogP) is 2.84. The zero-order valence-corrected chi connectivity index (χ0v) is 11.6. The SMILES string of the molecule is CCCCC(C)(CC)CC(=O)N1CCOCC1. The van der Waals surface area contributed by atoms with Gasteiger partial charge in [0.25, 0.3) is 0 Å². The smallest absolute Gasteiger partial charge is 0.223 e. The van der Waals surface area contributed by atoms with Crippen molar-refractivity contribution in [2.75, 3.05) is 26.3 Å². The van der Waals surface area contributed by atoms with Crippen LogP contribution in [0.15, 0.2) is 0 Å². The van der Waals surface area contributed by atoms with Crippen molar-refractivity contribution in [1.82, 2.24) is 4.90 Å². The average molecular weight is 241 g/mol. The summed E-state index contributed by atoms with van der Waals surface area (Å²) in [4.78, 5) is 14.2. The van der Waals surface area contributed by atoms with Gasteiger partial charge in [-0.15, -0.1) is 0 Å². The quantitative estimate of drug-likeness (QED) is 0.715. The molecule has 0 bridgehead atoms. The number of ether oxygens (including phenoxy) is 1. The van der Waals surface area contributed by atoms with E-state index in [1.165, 1.54) is 12.8 Å². The standard InChI is InChI=1S/C14H27NO2/c1-4-6-7-14(3,5-2)12-13(16)15-8-10-17-11-9-15/h4-12H2,1-3H3. The molecule has 0 aliphatic carbocycles. The molecule has 0 spiro atoms. The third-order valence-corrected chi connectivity index (χ3v) is 3.93. The minimum absolute atomic E-state index is 0.186. The maximum Gasteiger partial charge on any atom is 0.223 e. The normalized spacial score (nSPS) is 20.1. The van der Waals surface area contributed by atoms with Gasteiger partial charge in [-0.05, 0) is 11.8 Å². The number of hydrogen-bond donors (Lipinski definition) is 0. The van der Waals surface area contributed by atoms with Crippen molar-refractivity contribution in [2.24, 2.45) is 5.41 Å². The molecule has 1 rings (SSSR count). The van der Waals surface area contributed by atoms with Gasteiger partial charge >= 0.3 is 0 Å². The summed E-state index contributed by atoms with van der Waals surface area (Å²) in [6, 6.07) is 0. The molecule has 0 aromatic carbocycles. The molecule has 0 radical (unpaired) electrons. The summed E-state index contributed by atoms with van der Waals surface area (Å²) >= 11 is 0. The van der Waals surface area contributed by atoms with Crippen LogP contribution < -0.4 is 0 Å². The van der Waals surface area contributed by atoms with E-state index in [1.54, 1.807) is 0 Å². The van der Waals surface area contributed by atoms with Gasteiger partial charge in [0.05, 0.1) is 13.2 Å². The summed E-state index contributed by atoms with van der Waals surface area (Å²) in [5, 5.41) is 0. The van der Waals surface area contributed by atoms with E-state index in [0.29, 0.717) is 25.5 Å². The first-order chi connectivity index (χ1) is 8.11. The lowest BCUT2D eigenvalue weighted by Crippen LogP contribution is -2.42. The molecule has 3 nitrogen and oxygen atoms in total. The minimum atomic E-state index is 0.186. The largest absolute Gasteiger partial charge is 0.378 e. The van der Waals surface area contributed by atoms with Crippen LogP contribution in [0.5, 0.6) is 0 Å². The second kappa shape index (κ2) is 7.00. The van der Waals surface area contributed by atoms with Crippen molar-refractivity contribution in [3.63, 3.8) is 0 Å². The molecule has 17 heavy (non-hydrogen) atoms. The lowest BCUT2D eigenvalue weighted by Gasteiger charge is -2.33. The Morgan fingerprint density at radius 3 is 2.47 bits per heavy atom. The van der Waals surface area contributed by atoms with Crippen LogP contribution in [0.3, 0.4) is 0 Å². The van der Waals surface area contributed by atoms with Gasteiger partial charge in [-0.25, -0.2) is 0 Å². The second-order valence-electron chi connectivity index (χ2n) is 5.44. The molecule has 0 saturated carbocycles. The van der Waals surface area contributed by atoms with Crippen LogP contribution in [0.1, 0.15) is 52.9 Å². The Hall–Kier alpha value is -0.570. The zero-order chi connectivity index (χ0) is 12.7. The number of carbonyl (C=O) groups is 1. The van der Waals surface area contributed by atoms with Crippen molar-refractivity contribution >= 4 is 5.91 Å². The maximum absolute atomic E-state index is 12.2. The van der Waals surface area contributed by atoms with E-state index in [1.807, 2.05) is 4.90 Å². The molecule has 0 N–H and O–H groups in total. The van der Waals surface area contributed by atoms with Crippen LogP contribution in [-0.2, 0) is 9.53 Å². The molecule has 0 aromatic heterocycles. The first kappa shape index (κ1) is 14.5. The van der Waals surface area contributed by atoms with Gasteiger partial charge in [-0.2, -0.15) is 0 Å². The van der Waals surface area contributed by atoms with E-state index in [4.69, 9.17) is 4.74 Å². The van der Waals surface area contributed by atoms with Crippen molar-refractivity contribution in [2.45, 2.75) is 52.9 Å². The lowest BCUT2D eigenvalue weighted by molar-refractivity contribution is -0.137. The molecular formula is C14H27NO2. The molecule has 100 valence electrons. The number of unbranched alkanes of at least 4 members (excludes halogenated alkanes) is 1. The molecule has 1 unspecified atom stereocenters. The van der Waals surface area contributed by atoms with Crippen LogP contribution in [-0.4, -0.2) is 37.1 Å². The number of nitrogens with zero attached hydrogens (tertiary/aromatic N) is 1. The Labute approximate surface area is 106 Å². The molecule has 3 heteroatoms. The van der Waals surface area contributed by atoms with Crippen LogP contribution in [0.4, 0.5) is 0 Å². The number of amides is 1. The van der Waals surface area contributed by atoms with Gasteiger partial charge in [-0.3, -0.25) is 4.79 Å². The van der Waals surface area contributed by atoms with Gasteiger partial charge in [0.15, 0.2) is 0 Å². The molecule has 1 atom stereocenters. The highest BCUT2D eigenvalue weighted by atomic mass is 16.5. The van der Waals surface area contributed by atoms with E-state index in [2.05, 4.69) is 20.8 Å². The van der Waals surface area contributed by atoms with Crippen molar-refractivity contribution in [3.05, 3.63) is 0 Å². The lowest BCUT2D eigenvalue weighted by atomic mass is 9.79. The predicted molar refractivity (Wildman–Crippen MR) is 69.9 cm³/mol. The van der Waals surface area contributed by atoms with Gasteiger partial charge < -0.3 is 9.64 Å². The van der Waals surface area contributed by atoms with Crippen LogP contribution >= 0.6 is 0 Å². The summed E-state index contributed by atoms with van der Waals surface area (Å²) in [6.07, 6.45) is 5.38. The summed E-state index contributed by atoms with van der Waals surface area (Å²) in [5.41, 5.74) is 0.186. The van der Waals surface area contributed by atoms with E-state index in [9.17, 15) is 4.79 Å². The van der Waals surface area contributed by atoms with E-state index >= 15 is 0 Å². The molecule has 1 saturated heterocycles. The third kappa shape index (κ3) is 4.66. The Bertz CT molecular complexity index is 236. The fraction of sp³-hybridized carbons (Fsp3) is 0.929. The van der Waals surface area contributed by atoms with Gasteiger partial charge in [-0.1, -0.05) is 40.0 Å². The third-order valence-electron chi connectivity index (χ3n) is 3.93. The first-order valence-electron chi connectivity index (χ1n) is 6.97. The van der Waals surface area contributed by atoms with Gasteiger partial charge in [0, 0.05) is 19.5 Å². The number of carbonyl (C=O) groups excluding carboxylic acids is 1. The highest BCUT2D eigenvalue weighted by Crippen LogP contribution is 2.32. The van der Waals surface area contributed by atoms with E-state index in [-0.39, 0.29) is 5.41 Å². The van der Waals surface area contributed by atoms with Crippen LogP contribution in [0.25, 0.3) is 0 Å². The Kier molecular flexibility index (Phi) is 5.96. The summed E-state index contributed by atoms with van der Waals surface area (Å²) in [5.74, 6) is 0.314. The summed E-state index contributed by atoms with van der Waals surface area (Å²) in [7, 11) is 0. The fourth-order valence-electron chi connectivity index (χ4n) is 2.28. The Balaban J connectivity index is 2.45. The number of rotatable bonds is 6. The maximum atomic E-state index is 12.2. The zero-order valence-electron chi connectivity index (χ0n) is 11.6. The molecule has 1 heterocycles. The Morgan fingerprint density at radius 2 is 1.94 bits per heavy atom. The molecule has 1 aliphatic heterocycles. The molecule has 1 amide bonds. The summed E-state index contributed by atoms with van der Waals surface area (Å²) in [6.45, 7) is 9.59. The molecule has 0 aromatic rings. The number of hydrogen-bond acceptors (Lipinski definition) is 2.